The van der Waals surface area contributed by atoms with Gasteiger partial charge in [-0.15, -0.1) is 0 Å². The number of hydrogen-bond acceptors (Lipinski definition) is 3. The maximum Gasteiger partial charge on any atom is 0.0991 e. The average Bonchev–Trinajstić information content (AvgIpc) is 2.47. The fourth-order valence-corrected chi connectivity index (χ4v) is 3.66. The molecule has 1 saturated carbocycles. The highest BCUT2D eigenvalue weighted by molar-refractivity contribution is 7.99. The number of nitrogens with zero attached hydrogens (tertiary/aromatic N) is 1. The molecule has 2 nitrogen and oxygen atoms in total. The van der Waals surface area contributed by atoms with Gasteiger partial charge in [-0.2, -0.15) is 17.0 Å². The molecule has 102 valence electrons. The van der Waals surface area contributed by atoms with Crippen molar-refractivity contribution in [2.24, 2.45) is 0 Å². The zero-order valence-electron chi connectivity index (χ0n) is 11.7. The predicted molar refractivity (Wildman–Crippen MR) is 82.3 cm³/mol. The van der Waals surface area contributed by atoms with Gasteiger partial charge in [0.15, 0.2) is 0 Å². The molecule has 0 heterocycles. The number of nitriles is 1. The van der Waals surface area contributed by atoms with Gasteiger partial charge in [0, 0.05) is 17.3 Å². The van der Waals surface area contributed by atoms with Crippen LogP contribution in [0.4, 0.5) is 0 Å². The molecule has 0 spiro atoms. The summed E-state index contributed by atoms with van der Waals surface area (Å²) in [4.78, 5) is 0. The zero-order valence-corrected chi connectivity index (χ0v) is 12.5. The van der Waals surface area contributed by atoms with Gasteiger partial charge < -0.3 is 5.32 Å². The maximum atomic E-state index is 8.96. The van der Waals surface area contributed by atoms with E-state index in [1.807, 2.05) is 30.0 Å². The van der Waals surface area contributed by atoms with Crippen molar-refractivity contribution in [2.75, 3.05) is 6.26 Å². The van der Waals surface area contributed by atoms with Gasteiger partial charge in [0.25, 0.3) is 0 Å². The van der Waals surface area contributed by atoms with Crippen LogP contribution in [0, 0.1) is 11.3 Å². The van der Waals surface area contributed by atoms with E-state index >= 15 is 0 Å². The minimum absolute atomic E-state index is 0.318. The molecule has 3 unspecified atom stereocenters. The zero-order chi connectivity index (χ0) is 13.7. The van der Waals surface area contributed by atoms with Crippen LogP contribution >= 0.6 is 11.8 Å². The lowest BCUT2D eigenvalue weighted by molar-refractivity contribution is 0.353. The third kappa shape index (κ3) is 3.99. The third-order valence-electron chi connectivity index (χ3n) is 3.96. The third-order valence-corrected chi connectivity index (χ3v) is 5.06. The van der Waals surface area contributed by atoms with Gasteiger partial charge in [0.1, 0.15) is 0 Å². The van der Waals surface area contributed by atoms with Gasteiger partial charge in [-0.3, -0.25) is 0 Å². The summed E-state index contributed by atoms with van der Waals surface area (Å²) in [7, 11) is 0. The first kappa shape index (κ1) is 14.4. The SMILES string of the molecule is CSC1CCCC(NC(C)c2cccc(C#N)c2)C1. The molecule has 3 heteroatoms. The molecule has 1 aliphatic carbocycles. The van der Waals surface area contributed by atoms with Gasteiger partial charge >= 0.3 is 0 Å². The van der Waals surface area contributed by atoms with E-state index in [0.717, 1.165) is 10.8 Å². The van der Waals surface area contributed by atoms with Crippen LogP contribution in [0.3, 0.4) is 0 Å². The molecule has 19 heavy (non-hydrogen) atoms. The Labute approximate surface area is 120 Å². The van der Waals surface area contributed by atoms with Crippen molar-refractivity contribution in [3.63, 3.8) is 0 Å². The van der Waals surface area contributed by atoms with Crippen molar-refractivity contribution < 1.29 is 0 Å². The molecule has 2 rings (SSSR count). The highest BCUT2D eigenvalue weighted by Crippen LogP contribution is 2.28. The van der Waals surface area contributed by atoms with Gasteiger partial charge in [-0.05, 0) is 50.1 Å². The second-order valence-corrected chi connectivity index (χ2v) is 6.48. The summed E-state index contributed by atoms with van der Waals surface area (Å²) in [6.45, 7) is 2.19. The molecule has 1 fully saturated rings. The van der Waals surface area contributed by atoms with E-state index < -0.39 is 0 Å². The number of hydrogen-bond donors (Lipinski definition) is 1. The molecule has 0 bridgehead atoms. The molecule has 0 amide bonds. The van der Waals surface area contributed by atoms with E-state index in [2.05, 4.69) is 30.6 Å². The molecule has 3 atom stereocenters. The molecular formula is C16H22N2S. The number of thioether (sulfide) groups is 1. The van der Waals surface area contributed by atoms with Crippen molar-refractivity contribution in [1.29, 1.82) is 5.26 Å². The quantitative estimate of drug-likeness (QED) is 0.905. The Hall–Kier alpha value is -0.980. The topological polar surface area (TPSA) is 35.8 Å². The smallest absolute Gasteiger partial charge is 0.0991 e. The van der Waals surface area contributed by atoms with Crippen LogP contribution in [-0.4, -0.2) is 17.5 Å². The Morgan fingerprint density at radius 2 is 2.26 bits per heavy atom. The first-order valence-electron chi connectivity index (χ1n) is 7.02. The van der Waals surface area contributed by atoms with Crippen LogP contribution in [0.25, 0.3) is 0 Å². The van der Waals surface area contributed by atoms with E-state index in [4.69, 9.17) is 5.26 Å². The van der Waals surface area contributed by atoms with E-state index in [-0.39, 0.29) is 0 Å². The summed E-state index contributed by atoms with van der Waals surface area (Å²) in [6.07, 6.45) is 7.45. The standard InChI is InChI=1S/C16H22N2S/c1-12(14-6-3-5-13(9-14)11-17)18-15-7-4-8-16(10-15)19-2/h3,5-6,9,12,15-16,18H,4,7-8,10H2,1-2H3. The largest absolute Gasteiger partial charge is 0.307 e. The lowest BCUT2D eigenvalue weighted by atomic mass is 9.93. The predicted octanol–water partition coefficient (Wildman–Crippen LogP) is 3.88. The summed E-state index contributed by atoms with van der Waals surface area (Å²) in [5, 5.41) is 13.5. The average molecular weight is 274 g/mol. The molecule has 0 aromatic heterocycles. The first-order valence-corrected chi connectivity index (χ1v) is 8.30. The maximum absolute atomic E-state index is 8.96. The summed E-state index contributed by atoms with van der Waals surface area (Å²) in [5.41, 5.74) is 1.96. The highest BCUT2D eigenvalue weighted by Gasteiger charge is 2.22. The van der Waals surface area contributed by atoms with Crippen molar-refractivity contribution >= 4 is 11.8 Å². The minimum Gasteiger partial charge on any atom is -0.307 e. The van der Waals surface area contributed by atoms with E-state index in [1.54, 1.807) is 0 Å². The summed E-state index contributed by atoms with van der Waals surface area (Å²) in [5.74, 6) is 0. The van der Waals surface area contributed by atoms with Crippen LogP contribution in [0.1, 0.15) is 49.8 Å². The Balaban J connectivity index is 1.96. The van der Waals surface area contributed by atoms with Crippen molar-refractivity contribution in [3.8, 4) is 6.07 Å². The van der Waals surface area contributed by atoms with E-state index in [1.165, 1.54) is 31.2 Å². The molecule has 1 aromatic carbocycles. The minimum atomic E-state index is 0.318. The summed E-state index contributed by atoms with van der Waals surface area (Å²) in [6, 6.07) is 11.1. The highest BCUT2D eigenvalue weighted by atomic mass is 32.2. The van der Waals surface area contributed by atoms with Crippen LogP contribution in [0.2, 0.25) is 0 Å². The monoisotopic (exact) mass is 274 g/mol. The van der Waals surface area contributed by atoms with Gasteiger partial charge in [0.05, 0.1) is 11.6 Å². The van der Waals surface area contributed by atoms with Crippen LogP contribution in [0.15, 0.2) is 24.3 Å². The van der Waals surface area contributed by atoms with Crippen molar-refractivity contribution in [1.82, 2.24) is 5.32 Å². The molecule has 0 saturated heterocycles. The second-order valence-electron chi connectivity index (χ2n) is 5.35. The van der Waals surface area contributed by atoms with E-state index in [9.17, 15) is 0 Å². The normalized spacial score (nSPS) is 24.7. The Bertz CT molecular complexity index is 452. The molecular weight excluding hydrogens is 252 g/mol. The first-order chi connectivity index (χ1) is 9.22. The van der Waals surface area contributed by atoms with Gasteiger partial charge in [0.2, 0.25) is 0 Å². The summed E-state index contributed by atoms with van der Waals surface area (Å²) < 4.78 is 0. The summed E-state index contributed by atoms with van der Waals surface area (Å²) >= 11 is 2.00. The van der Waals surface area contributed by atoms with Gasteiger partial charge in [-0.1, -0.05) is 18.6 Å². The fourth-order valence-electron chi connectivity index (χ4n) is 2.84. The molecule has 1 N–H and O–H groups in total. The lowest BCUT2D eigenvalue weighted by Gasteiger charge is -2.31. The number of rotatable bonds is 4. The Kier molecular flexibility index (Phi) is 5.30. The Morgan fingerprint density at radius 3 is 3.00 bits per heavy atom. The number of benzene rings is 1. The molecule has 1 aliphatic rings. The Morgan fingerprint density at radius 1 is 1.42 bits per heavy atom. The van der Waals surface area contributed by atoms with Crippen LogP contribution in [0.5, 0.6) is 0 Å². The van der Waals surface area contributed by atoms with Crippen molar-refractivity contribution in [2.45, 2.75) is 49.9 Å². The lowest BCUT2D eigenvalue weighted by Crippen LogP contribution is -2.36. The van der Waals surface area contributed by atoms with Gasteiger partial charge in [-0.25, -0.2) is 0 Å². The van der Waals surface area contributed by atoms with Crippen LogP contribution < -0.4 is 5.32 Å². The van der Waals surface area contributed by atoms with Crippen molar-refractivity contribution in [3.05, 3.63) is 35.4 Å². The van der Waals surface area contributed by atoms with E-state index in [0.29, 0.717) is 12.1 Å². The fraction of sp³-hybridized carbons (Fsp3) is 0.562. The van der Waals surface area contributed by atoms with Crippen LogP contribution in [-0.2, 0) is 0 Å². The molecule has 0 radical (unpaired) electrons. The molecule has 0 aliphatic heterocycles. The second kappa shape index (κ2) is 6.98. The molecule has 1 aromatic rings. The number of nitrogens with one attached hydrogen (secondary N) is 1.